The molecule has 2 N–H and O–H groups in total. The van der Waals surface area contributed by atoms with Crippen LogP contribution in [-0.2, 0) is 0 Å². The third-order valence-corrected chi connectivity index (χ3v) is 5.48. The summed E-state index contributed by atoms with van der Waals surface area (Å²) in [7, 11) is 17.2. The molecule has 10 heteroatoms. The second-order valence-corrected chi connectivity index (χ2v) is 8.75. The van der Waals surface area contributed by atoms with Crippen LogP contribution in [0.2, 0.25) is 0 Å². The predicted molar refractivity (Wildman–Crippen MR) is 138 cm³/mol. The predicted octanol–water partition coefficient (Wildman–Crippen LogP) is 1.65. The molecule has 0 saturated carbocycles. The molecule has 0 unspecified atom stereocenters. The van der Waals surface area contributed by atoms with E-state index in [1.807, 2.05) is 12.1 Å². The van der Waals surface area contributed by atoms with Crippen LogP contribution in [0, 0.1) is 0 Å². The Balaban J connectivity index is 2.42. The summed E-state index contributed by atoms with van der Waals surface area (Å²) < 4.78 is 0. The largest absolute Gasteiger partial charge is 0.519 e. The SMILES string of the molecule is CN(C)B(Nc1ccccc1)B([B-](B(Nc1ccccc1)N(C)C)N(C)C)N(C)C. The van der Waals surface area contributed by atoms with Gasteiger partial charge in [-0.15, -0.1) is 0 Å². The van der Waals surface area contributed by atoms with Crippen molar-refractivity contribution in [2.45, 2.75) is 0 Å². The molecule has 0 heterocycles. The third-order valence-electron chi connectivity index (χ3n) is 5.48. The van der Waals surface area contributed by atoms with Gasteiger partial charge in [0.25, 0.3) is 6.87 Å². The van der Waals surface area contributed by atoms with Crippen molar-refractivity contribution in [1.29, 1.82) is 0 Å². The Morgan fingerprint density at radius 1 is 0.600 bits per heavy atom. The molecule has 159 valence electrons. The maximum Gasteiger partial charge on any atom is 0.273 e. The van der Waals surface area contributed by atoms with Crippen LogP contribution in [0.1, 0.15) is 0 Å². The first-order chi connectivity index (χ1) is 14.2. The fraction of sp³-hybridized carbons (Fsp3) is 0.400. The lowest BCUT2D eigenvalue weighted by Gasteiger charge is -2.53. The second-order valence-electron chi connectivity index (χ2n) is 8.75. The minimum Gasteiger partial charge on any atom is -0.519 e. The molecule has 0 fully saturated rings. The summed E-state index contributed by atoms with van der Waals surface area (Å²) in [6.07, 6.45) is 0. The molecule has 0 spiro atoms. The summed E-state index contributed by atoms with van der Waals surface area (Å²) >= 11 is 0. The van der Waals surface area contributed by atoms with E-state index in [1.54, 1.807) is 0 Å². The Labute approximate surface area is 185 Å². The summed E-state index contributed by atoms with van der Waals surface area (Å²) in [6.45, 7) is 0.599. The van der Waals surface area contributed by atoms with Gasteiger partial charge in [0.1, 0.15) is 6.87 Å². The number of para-hydroxylation sites is 2. The van der Waals surface area contributed by atoms with Crippen LogP contribution in [0.3, 0.4) is 0 Å². The fourth-order valence-electron chi connectivity index (χ4n) is 4.00. The lowest BCUT2D eigenvalue weighted by molar-refractivity contribution is 0.610. The maximum absolute atomic E-state index is 3.76. The Kier molecular flexibility index (Phi) is 9.36. The fourth-order valence-corrected chi connectivity index (χ4v) is 4.00. The molecule has 30 heavy (non-hydrogen) atoms. The summed E-state index contributed by atoms with van der Waals surface area (Å²) in [5.74, 6) is 0. The molecule has 0 amide bonds. The highest BCUT2D eigenvalue weighted by atomic mass is 15.1. The number of hydrogen-bond acceptors (Lipinski definition) is 6. The van der Waals surface area contributed by atoms with Crippen LogP contribution >= 0.6 is 0 Å². The molecule has 0 bridgehead atoms. The van der Waals surface area contributed by atoms with Gasteiger partial charge in [0.05, 0.1) is 6.63 Å². The number of anilines is 2. The highest BCUT2D eigenvalue weighted by Crippen LogP contribution is 2.15. The molecule has 6 nitrogen and oxygen atoms in total. The van der Waals surface area contributed by atoms with Crippen LogP contribution in [0.5, 0.6) is 0 Å². The van der Waals surface area contributed by atoms with E-state index in [0.717, 1.165) is 11.4 Å². The Bertz CT molecular complexity index is 669. The van der Waals surface area contributed by atoms with Crippen molar-refractivity contribution in [3.63, 3.8) is 0 Å². The van der Waals surface area contributed by atoms with Gasteiger partial charge in [-0.25, -0.2) is 0 Å². The van der Waals surface area contributed by atoms with E-state index in [1.165, 1.54) is 0 Å². The van der Waals surface area contributed by atoms with Crippen LogP contribution in [0.25, 0.3) is 0 Å². The van der Waals surface area contributed by atoms with E-state index < -0.39 is 0 Å². The van der Waals surface area contributed by atoms with Crippen LogP contribution in [0.15, 0.2) is 60.7 Å². The first kappa shape index (κ1) is 24.4. The highest BCUT2D eigenvalue weighted by molar-refractivity contribution is 7.63. The van der Waals surface area contributed by atoms with Crippen LogP contribution in [0.4, 0.5) is 11.4 Å². The lowest BCUT2D eigenvalue weighted by Crippen LogP contribution is -2.77. The van der Waals surface area contributed by atoms with Crippen molar-refractivity contribution in [3.05, 3.63) is 60.7 Å². The monoisotopic (exact) mass is 404 g/mol. The lowest BCUT2D eigenvalue weighted by atomic mass is 8.91. The van der Waals surface area contributed by atoms with Crippen molar-refractivity contribution in [2.24, 2.45) is 0 Å². The highest BCUT2D eigenvalue weighted by Gasteiger charge is 2.38. The quantitative estimate of drug-likeness (QED) is 0.556. The van der Waals surface area contributed by atoms with E-state index in [2.05, 4.69) is 135 Å². The average Bonchev–Trinajstić information content (AvgIpc) is 2.70. The Hall–Kier alpha value is -1.86. The molecule has 0 atom stereocenters. The number of benzene rings is 2. The molecular formula is C20H36B4N6-. The third kappa shape index (κ3) is 6.57. The van der Waals surface area contributed by atoms with E-state index in [0.29, 0.717) is 0 Å². The first-order valence-electron chi connectivity index (χ1n) is 10.5. The van der Waals surface area contributed by atoms with Crippen LogP contribution in [-0.4, -0.2) is 103 Å². The number of rotatable bonds is 11. The van der Waals surface area contributed by atoms with E-state index in [9.17, 15) is 0 Å². The summed E-state index contributed by atoms with van der Waals surface area (Å²) in [6, 6.07) is 20.9. The molecule has 0 aliphatic rings. The zero-order valence-electron chi connectivity index (χ0n) is 19.9. The van der Waals surface area contributed by atoms with Gasteiger partial charge in [0, 0.05) is 11.4 Å². The Morgan fingerprint density at radius 3 is 1.43 bits per heavy atom. The first-order valence-corrected chi connectivity index (χ1v) is 10.5. The maximum atomic E-state index is 3.76. The Morgan fingerprint density at radius 2 is 1.07 bits per heavy atom. The van der Waals surface area contributed by atoms with Crippen molar-refractivity contribution in [3.8, 4) is 0 Å². The molecule has 0 aliphatic heterocycles. The van der Waals surface area contributed by atoms with Gasteiger partial charge >= 0.3 is 0 Å². The molecule has 0 aromatic heterocycles. The normalized spacial score (nSPS) is 11.5. The van der Waals surface area contributed by atoms with E-state index in [-0.39, 0.29) is 27.0 Å². The zero-order valence-corrected chi connectivity index (χ0v) is 19.9. The molecule has 2 aromatic rings. The molecular weight excluding hydrogens is 368 g/mol. The number of hydrogen-bond donors (Lipinski definition) is 2. The van der Waals surface area contributed by atoms with Gasteiger partial charge in [-0.05, 0) is 73.2 Å². The van der Waals surface area contributed by atoms with Crippen molar-refractivity contribution in [2.75, 3.05) is 66.8 Å². The molecule has 1 radical (unpaired) electrons. The van der Waals surface area contributed by atoms with Crippen molar-refractivity contribution in [1.82, 2.24) is 19.2 Å². The van der Waals surface area contributed by atoms with Crippen LogP contribution < -0.4 is 10.5 Å². The van der Waals surface area contributed by atoms with Gasteiger partial charge < -0.3 is 29.7 Å². The topological polar surface area (TPSA) is 37.0 Å². The number of nitrogens with zero attached hydrogens (tertiary/aromatic N) is 4. The van der Waals surface area contributed by atoms with Gasteiger partial charge in [-0.3, -0.25) is 0 Å². The summed E-state index contributed by atoms with van der Waals surface area (Å²) in [4.78, 5) is 9.19. The minimum atomic E-state index is 0.106. The summed E-state index contributed by atoms with van der Waals surface area (Å²) in [5.41, 5.74) is 2.25. The van der Waals surface area contributed by atoms with Gasteiger partial charge in [-0.1, -0.05) is 50.5 Å². The van der Waals surface area contributed by atoms with Gasteiger partial charge in [0.15, 0.2) is 0 Å². The average molecular weight is 404 g/mol. The molecule has 2 rings (SSSR count). The minimum absolute atomic E-state index is 0.106. The smallest absolute Gasteiger partial charge is 0.273 e. The van der Waals surface area contributed by atoms with Crippen molar-refractivity contribution >= 4 is 38.4 Å². The summed E-state index contributed by atoms with van der Waals surface area (Å²) in [5, 5.41) is 7.53. The standard InChI is InChI=1S/C20H36B4N6/c1-27(2)21(23(29(5)6)25-19-15-11-9-12-16-19)22(28(3)4)24(30(7)8)26-20-17-13-10-14-18-20/h9-18,25-26H,1-8H3/q-1. The van der Waals surface area contributed by atoms with Gasteiger partial charge in [-0.2, -0.15) is 0 Å². The van der Waals surface area contributed by atoms with Gasteiger partial charge in [0.2, 0.25) is 0 Å². The molecule has 0 saturated heterocycles. The second kappa shape index (κ2) is 11.5. The number of nitrogens with one attached hydrogen (secondary N) is 2. The molecule has 0 aliphatic carbocycles. The zero-order chi connectivity index (χ0) is 22.3. The van der Waals surface area contributed by atoms with E-state index in [4.69, 9.17) is 0 Å². The molecule has 2 aromatic carbocycles. The van der Waals surface area contributed by atoms with Crippen molar-refractivity contribution < 1.29 is 0 Å². The van der Waals surface area contributed by atoms with E-state index >= 15 is 0 Å².